The second-order valence-electron chi connectivity index (χ2n) is 5.86. The lowest BCUT2D eigenvalue weighted by molar-refractivity contribution is -0.122. The number of hydrogen-bond donors (Lipinski definition) is 2. The van der Waals surface area contributed by atoms with Crippen molar-refractivity contribution in [2.24, 2.45) is 11.8 Å². The van der Waals surface area contributed by atoms with Gasteiger partial charge in [-0.2, -0.15) is 0 Å². The zero-order valence-corrected chi connectivity index (χ0v) is 12.6. The number of halogens is 1. The summed E-state index contributed by atoms with van der Waals surface area (Å²) in [7, 11) is 0. The van der Waals surface area contributed by atoms with Crippen molar-refractivity contribution in [3.05, 3.63) is 0 Å². The minimum absolute atomic E-state index is 0. The van der Waals surface area contributed by atoms with Crippen molar-refractivity contribution in [2.45, 2.75) is 45.1 Å². The lowest BCUT2D eigenvalue weighted by Gasteiger charge is -2.27. The fourth-order valence-electron chi connectivity index (χ4n) is 2.84. The standard InChI is InChI=1S/C14H26N2O2.ClH/c1-11-2-4-12(5-3-11)9-16-14(17)8-13-10-18-7-6-15-13;/h11-13,15H,2-10H2,1H3,(H,16,17);1H. The third-order valence-corrected chi connectivity index (χ3v) is 4.15. The largest absolute Gasteiger partial charge is 0.378 e. The molecule has 0 aromatic carbocycles. The second kappa shape index (κ2) is 8.77. The Balaban J connectivity index is 0.00000180. The van der Waals surface area contributed by atoms with Crippen LogP contribution in [0.3, 0.4) is 0 Å². The third-order valence-electron chi connectivity index (χ3n) is 4.15. The molecular formula is C14H27ClN2O2. The van der Waals surface area contributed by atoms with Gasteiger partial charge in [0.05, 0.1) is 13.2 Å². The lowest BCUT2D eigenvalue weighted by Crippen LogP contribution is -2.44. The Labute approximate surface area is 122 Å². The summed E-state index contributed by atoms with van der Waals surface area (Å²) in [6.45, 7) is 5.47. The van der Waals surface area contributed by atoms with Crippen LogP contribution in [-0.2, 0) is 9.53 Å². The highest BCUT2D eigenvalue weighted by atomic mass is 35.5. The van der Waals surface area contributed by atoms with E-state index in [4.69, 9.17) is 4.74 Å². The van der Waals surface area contributed by atoms with Crippen LogP contribution in [0, 0.1) is 11.8 Å². The molecule has 1 saturated carbocycles. The first-order valence-electron chi connectivity index (χ1n) is 7.32. The number of rotatable bonds is 4. The van der Waals surface area contributed by atoms with Gasteiger partial charge in [0, 0.05) is 25.6 Å². The average molecular weight is 291 g/mol. The van der Waals surface area contributed by atoms with E-state index in [-0.39, 0.29) is 24.4 Å². The van der Waals surface area contributed by atoms with Crippen LogP contribution in [0.2, 0.25) is 0 Å². The summed E-state index contributed by atoms with van der Waals surface area (Å²) in [5, 5.41) is 6.39. The molecule has 5 heteroatoms. The van der Waals surface area contributed by atoms with Gasteiger partial charge in [0.25, 0.3) is 0 Å². The van der Waals surface area contributed by atoms with E-state index in [2.05, 4.69) is 17.6 Å². The van der Waals surface area contributed by atoms with Crippen molar-refractivity contribution < 1.29 is 9.53 Å². The van der Waals surface area contributed by atoms with Crippen LogP contribution in [0.1, 0.15) is 39.0 Å². The van der Waals surface area contributed by atoms with Crippen LogP contribution >= 0.6 is 12.4 Å². The van der Waals surface area contributed by atoms with Gasteiger partial charge in [0.15, 0.2) is 0 Å². The van der Waals surface area contributed by atoms with Gasteiger partial charge in [-0.25, -0.2) is 0 Å². The predicted molar refractivity (Wildman–Crippen MR) is 78.6 cm³/mol. The third kappa shape index (κ3) is 6.11. The van der Waals surface area contributed by atoms with Crippen molar-refractivity contribution in [1.29, 1.82) is 0 Å². The van der Waals surface area contributed by atoms with Gasteiger partial charge in [-0.1, -0.05) is 19.8 Å². The SMILES string of the molecule is CC1CCC(CNC(=O)CC2COCCN2)CC1.Cl. The number of nitrogens with one attached hydrogen (secondary N) is 2. The van der Waals surface area contributed by atoms with Crippen LogP contribution < -0.4 is 10.6 Å². The molecule has 0 aromatic heterocycles. The molecule has 2 rings (SSSR count). The van der Waals surface area contributed by atoms with Crippen LogP contribution in [0.5, 0.6) is 0 Å². The van der Waals surface area contributed by atoms with E-state index in [9.17, 15) is 4.79 Å². The highest BCUT2D eigenvalue weighted by Gasteiger charge is 2.20. The van der Waals surface area contributed by atoms with Crippen LogP contribution in [-0.4, -0.2) is 38.3 Å². The Kier molecular flexibility index (Phi) is 7.73. The van der Waals surface area contributed by atoms with Gasteiger partial charge in [-0.3, -0.25) is 4.79 Å². The van der Waals surface area contributed by atoms with E-state index in [1.807, 2.05) is 0 Å². The van der Waals surface area contributed by atoms with Crippen LogP contribution in [0.4, 0.5) is 0 Å². The quantitative estimate of drug-likeness (QED) is 0.829. The summed E-state index contributed by atoms with van der Waals surface area (Å²) < 4.78 is 5.35. The minimum Gasteiger partial charge on any atom is -0.378 e. The molecule has 1 amide bonds. The molecular weight excluding hydrogens is 264 g/mol. The summed E-state index contributed by atoms with van der Waals surface area (Å²) in [5.41, 5.74) is 0. The first-order chi connectivity index (χ1) is 8.74. The summed E-state index contributed by atoms with van der Waals surface area (Å²) >= 11 is 0. The van der Waals surface area contributed by atoms with Gasteiger partial charge in [-0.15, -0.1) is 12.4 Å². The molecule has 1 atom stereocenters. The zero-order chi connectivity index (χ0) is 12.8. The lowest BCUT2D eigenvalue weighted by atomic mass is 9.83. The predicted octanol–water partition coefficient (Wildman–Crippen LogP) is 1.73. The molecule has 2 N–H and O–H groups in total. The first-order valence-corrected chi connectivity index (χ1v) is 7.32. The summed E-state index contributed by atoms with van der Waals surface area (Å²) in [4.78, 5) is 11.8. The Morgan fingerprint density at radius 3 is 2.68 bits per heavy atom. The monoisotopic (exact) mass is 290 g/mol. The Hall–Kier alpha value is -0.320. The molecule has 0 radical (unpaired) electrons. The number of carbonyl (C=O) groups is 1. The molecule has 1 saturated heterocycles. The van der Waals surface area contributed by atoms with Crippen LogP contribution in [0.15, 0.2) is 0 Å². The normalized spacial score (nSPS) is 31.3. The van der Waals surface area contributed by atoms with Gasteiger partial charge < -0.3 is 15.4 Å². The fraction of sp³-hybridized carbons (Fsp3) is 0.929. The number of ether oxygens (including phenoxy) is 1. The highest BCUT2D eigenvalue weighted by molar-refractivity contribution is 5.85. The van der Waals surface area contributed by atoms with Crippen molar-refractivity contribution in [3.8, 4) is 0 Å². The fourth-order valence-corrected chi connectivity index (χ4v) is 2.84. The summed E-state index contributed by atoms with van der Waals surface area (Å²) in [6, 6.07) is 0.199. The van der Waals surface area contributed by atoms with Gasteiger partial charge >= 0.3 is 0 Å². The molecule has 0 aromatic rings. The highest BCUT2D eigenvalue weighted by Crippen LogP contribution is 2.27. The topological polar surface area (TPSA) is 50.4 Å². The maximum Gasteiger partial charge on any atom is 0.221 e. The maximum atomic E-state index is 11.8. The molecule has 1 heterocycles. The smallest absolute Gasteiger partial charge is 0.221 e. The molecule has 1 aliphatic carbocycles. The molecule has 1 aliphatic heterocycles. The van der Waals surface area contributed by atoms with E-state index in [0.717, 1.165) is 25.6 Å². The van der Waals surface area contributed by atoms with Gasteiger partial charge in [0.2, 0.25) is 5.91 Å². The molecule has 19 heavy (non-hydrogen) atoms. The second-order valence-corrected chi connectivity index (χ2v) is 5.86. The molecule has 2 fully saturated rings. The number of amides is 1. The van der Waals surface area contributed by atoms with E-state index < -0.39 is 0 Å². The van der Waals surface area contributed by atoms with E-state index >= 15 is 0 Å². The van der Waals surface area contributed by atoms with E-state index in [1.165, 1.54) is 25.7 Å². The Bertz CT molecular complexity index is 262. The average Bonchev–Trinajstić information content (AvgIpc) is 2.39. The van der Waals surface area contributed by atoms with Gasteiger partial charge in [0.1, 0.15) is 0 Å². The van der Waals surface area contributed by atoms with E-state index in [0.29, 0.717) is 18.9 Å². The molecule has 2 aliphatic rings. The number of carbonyl (C=O) groups excluding carboxylic acids is 1. The number of hydrogen-bond acceptors (Lipinski definition) is 3. The molecule has 112 valence electrons. The molecule has 1 unspecified atom stereocenters. The number of morpholine rings is 1. The molecule has 0 bridgehead atoms. The minimum atomic E-state index is 0. The van der Waals surface area contributed by atoms with Crippen molar-refractivity contribution in [3.63, 3.8) is 0 Å². The van der Waals surface area contributed by atoms with Crippen molar-refractivity contribution in [1.82, 2.24) is 10.6 Å². The first kappa shape index (κ1) is 16.7. The summed E-state index contributed by atoms with van der Waals surface area (Å²) in [5.74, 6) is 1.73. The Morgan fingerprint density at radius 2 is 2.05 bits per heavy atom. The van der Waals surface area contributed by atoms with E-state index in [1.54, 1.807) is 0 Å². The van der Waals surface area contributed by atoms with Crippen molar-refractivity contribution in [2.75, 3.05) is 26.3 Å². The maximum absolute atomic E-state index is 11.8. The molecule has 4 nitrogen and oxygen atoms in total. The van der Waals surface area contributed by atoms with Gasteiger partial charge in [-0.05, 0) is 24.7 Å². The Morgan fingerprint density at radius 1 is 1.32 bits per heavy atom. The molecule has 0 spiro atoms. The zero-order valence-electron chi connectivity index (χ0n) is 11.8. The summed E-state index contributed by atoms with van der Waals surface area (Å²) in [6.07, 6.45) is 5.72. The van der Waals surface area contributed by atoms with Crippen molar-refractivity contribution >= 4 is 18.3 Å². The van der Waals surface area contributed by atoms with Crippen LogP contribution in [0.25, 0.3) is 0 Å².